The molecule has 0 fully saturated rings. The second kappa shape index (κ2) is 4.92. The molecule has 16 heavy (non-hydrogen) atoms. The molecule has 2 aromatic rings. The number of rotatable bonds is 4. The molecule has 3 nitrogen and oxygen atoms in total. The van der Waals surface area contributed by atoms with E-state index in [1.54, 1.807) is 6.20 Å². The summed E-state index contributed by atoms with van der Waals surface area (Å²) >= 11 is 0. The van der Waals surface area contributed by atoms with E-state index < -0.39 is 0 Å². The van der Waals surface area contributed by atoms with Gasteiger partial charge in [-0.25, -0.2) is 0 Å². The van der Waals surface area contributed by atoms with Gasteiger partial charge in [-0.15, -0.1) is 0 Å². The van der Waals surface area contributed by atoms with Crippen molar-refractivity contribution in [2.24, 2.45) is 0 Å². The van der Waals surface area contributed by atoms with Crippen LogP contribution in [0.2, 0.25) is 0 Å². The second-order valence-corrected chi connectivity index (χ2v) is 4.18. The molecular weight excluding hydrogens is 198 g/mol. The van der Waals surface area contributed by atoms with Crippen molar-refractivity contribution >= 4 is 0 Å². The van der Waals surface area contributed by atoms with Crippen LogP contribution in [0, 0.1) is 6.92 Å². The number of hydrogen-bond acceptors (Lipinski definition) is 2. The topological polar surface area (TPSA) is 41.6 Å². The van der Waals surface area contributed by atoms with E-state index in [1.165, 1.54) is 11.1 Å². The van der Waals surface area contributed by atoms with Crippen molar-refractivity contribution in [1.82, 2.24) is 15.4 Å². The molecule has 0 saturated heterocycles. The second-order valence-electron chi connectivity index (χ2n) is 4.18. The first-order chi connectivity index (χ1) is 7.79. The van der Waals surface area contributed by atoms with Crippen LogP contribution in [-0.4, -0.2) is 15.4 Å². The molecule has 0 aliphatic heterocycles. The molecule has 84 valence electrons. The summed E-state index contributed by atoms with van der Waals surface area (Å²) < 4.78 is 0. The first-order valence-corrected chi connectivity index (χ1v) is 5.70. The largest absolute Gasteiger partial charge is 0.198 e. The fourth-order valence-electron chi connectivity index (χ4n) is 1.91. The van der Waals surface area contributed by atoms with Crippen LogP contribution in [-0.2, 0) is 6.42 Å². The quantitative estimate of drug-likeness (QED) is 0.852. The van der Waals surface area contributed by atoms with Crippen LogP contribution in [0.5, 0.6) is 0 Å². The lowest BCUT2D eigenvalue weighted by atomic mass is 9.91. The van der Waals surface area contributed by atoms with E-state index in [1.807, 2.05) is 0 Å². The molecule has 0 saturated carbocycles. The van der Waals surface area contributed by atoms with Gasteiger partial charge in [0.2, 0.25) is 0 Å². The fourth-order valence-corrected chi connectivity index (χ4v) is 1.91. The zero-order valence-electron chi connectivity index (χ0n) is 9.77. The fraction of sp³-hybridized carbons (Fsp3) is 0.385. The smallest absolute Gasteiger partial charge is 0.0830 e. The number of aryl methyl sites for hydroxylation is 1. The van der Waals surface area contributed by atoms with Gasteiger partial charge in [-0.05, 0) is 31.2 Å². The Morgan fingerprint density at radius 2 is 2.00 bits per heavy atom. The van der Waals surface area contributed by atoms with E-state index in [2.05, 4.69) is 53.5 Å². The summed E-state index contributed by atoms with van der Waals surface area (Å²) in [5.41, 5.74) is 3.73. The number of nitrogens with zero attached hydrogens (tertiary/aromatic N) is 2. The van der Waals surface area contributed by atoms with Gasteiger partial charge in [-0.3, -0.25) is 0 Å². The van der Waals surface area contributed by atoms with E-state index in [4.69, 9.17) is 0 Å². The van der Waals surface area contributed by atoms with E-state index in [0.29, 0.717) is 5.92 Å². The number of H-pyrrole nitrogens is 1. The van der Waals surface area contributed by atoms with Crippen LogP contribution in [0.25, 0.3) is 0 Å². The van der Waals surface area contributed by atoms with Crippen molar-refractivity contribution in [3.63, 3.8) is 0 Å². The van der Waals surface area contributed by atoms with Crippen LogP contribution < -0.4 is 0 Å². The molecule has 0 bridgehead atoms. The number of aromatic nitrogens is 3. The molecule has 0 aliphatic rings. The van der Waals surface area contributed by atoms with Crippen molar-refractivity contribution in [3.05, 3.63) is 47.3 Å². The Kier molecular flexibility index (Phi) is 3.34. The molecule has 0 radical (unpaired) electrons. The van der Waals surface area contributed by atoms with Gasteiger partial charge in [0.15, 0.2) is 0 Å². The number of aromatic amines is 1. The Morgan fingerprint density at radius 1 is 1.25 bits per heavy atom. The molecular formula is C13H17N3. The Labute approximate surface area is 95.9 Å². The Hall–Kier alpha value is -1.64. The summed E-state index contributed by atoms with van der Waals surface area (Å²) in [6, 6.07) is 8.76. The average Bonchev–Trinajstić information content (AvgIpc) is 2.80. The average molecular weight is 215 g/mol. The maximum Gasteiger partial charge on any atom is 0.0830 e. The third-order valence-corrected chi connectivity index (χ3v) is 2.96. The molecule has 1 heterocycles. The van der Waals surface area contributed by atoms with E-state index in [-0.39, 0.29) is 0 Å². The molecule has 2 rings (SSSR count). The van der Waals surface area contributed by atoms with Crippen LogP contribution in [0.4, 0.5) is 0 Å². The lowest BCUT2D eigenvalue weighted by molar-refractivity contribution is 0.648. The van der Waals surface area contributed by atoms with Crippen molar-refractivity contribution in [1.29, 1.82) is 0 Å². The lowest BCUT2D eigenvalue weighted by Crippen LogP contribution is -2.02. The van der Waals surface area contributed by atoms with Crippen LogP contribution in [0.1, 0.15) is 36.1 Å². The molecule has 0 aliphatic carbocycles. The highest BCUT2D eigenvalue weighted by Gasteiger charge is 2.11. The van der Waals surface area contributed by atoms with Gasteiger partial charge >= 0.3 is 0 Å². The summed E-state index contributed by atoms with van der Waals surface area (Å²) in [7, 11) is 0. The van der Waals surface area contributed by atoms with Gasteiger partial charge in [0.1, 0.15) is 0 Å². The predicted octanol–water partition coefficient (Wildman–Crippen LogP) is 2.85. The molecule has 1 aromatic heterocycles. The number of hydrogen-bond donors (Lipinski definition) is 1. The van der Waals surface area contributed by atoms with Gasteiger partial charge in [0, 0.05) is 0 Å². The van der Waals surface area contributed by atoms with Crippen LogP contribution in [0.15, 0.2) is 30.5 Å². The molecule has 1 aromatic carbocycles. The van der Waals surface area contributed by atoms with Gasteiger partial charge in [0.25, 0.3) is 0 Å². The normalized spacial score (nSPS) is 12.6. The minimum atomic E-state index is 0.533. The number of benzene rings is 1. The molecule has 0 amide bonds. The van der Waals surface area contributed by atoms with Crippen molar-refractivity contribution in [2.75, 3.05) is 0 Å². The Balaban J connectivity index is 2.13. The van der Waals surface area contributed by atoms with Crippen LogP contribution >= 0.6 is 0 Å². The summed E-state index contributed by atoms with van der Waals surface area (Å²) in [5, 5.41) is 10.6. The van der Waals surface area contributed by atoms with Crippen molar-refractivity contribution in [3.8, 4) is 0 Å². The van der Waals surface area contributed by atoms with Crippen molar-refractivity contribution < 1.29 is 0 Å². The lowest BCUT2D eigenvalue weighted by Gasteiger charge is -2.13. The number of nitrogens with one attached hydrogen (secondary N) is 1. The first-order valence-electron chi connectivity index (χ1n) is 5.70. The third kappa shape index (κ3) is 2.48. The summed E-state index contributed by atoms with van der Waals surface area (Å²) in [6.07, 6.45) is 3.88. The summed E-state index contributed by atoms with van der Waals surface area (Å²) in [5.74, 6) is 0.533. The van der Waals surface area contributed by atoms with E-state index in [9.17, 15) is 0 Å². The predicted molar refractivity (Wildman–Crippen MR) is 64.3 cm³/mol. The highest BCUT2D eigenvalue weighted by atomic mass is 15.3. The Morgan fingerprint density at radius 3 is 2.56 bits per heavy atom. The maximum absolute atomic E-state index is 4.11. The van der Waals surface area contributed by atoms with Gasteiger partial charge < -0.3 is 0 Å². The highest BCUT2D eigenvalue weighted by molar-refractivity contribution is 5.25. The first kappa shape index (κ1) is 10.9. The van der Waals surface area contributed by atoms with Crippen molar-refractivity contribution in [2.45, 2.75) is 32.6 Å². The standard InChI is InChI=1S/C13H17N3/c1-3-11(8-13-9-14-16-15-13)12-6-4-10(2)5-7-12/h4-7,9,11H,3,8H2,1-2H3,(H,14,15,16). The molecule has 3 heteroatoms. The summed E-state index contributed by atoms with van der Waals surface area (Å²) in [4.78, 5) is 0. The monoisotopic (exact) mass is 215 g/mol. The van der Waals surface area contributed by atoms with Gasteiger partial charge in [0.05, 0.1) is 11.9 Å². The Bertz CT molecular complexity index is 417. The highest BCUT2D eigenvalue weighted by Crippen LogP contribution is 2.23. The minimum absolute atomic E-state index is 0.533. The van der Waals surface area contributed by atoms with Crippen LogP contribution in [0.3, 0.4) is 0 Å². The molecule has 1 N–H and O–H groups in total. The molecule has 0 spiro atoms. The van der Waals surface area contributed by atoms with Gasteiger partial charge in [-0.2, -0.15) is 15.4 Å². The third-order valence-electron chi connectivity index (χ3n) is 2.96. The minimum Gasteiger partial charge on any atom is -0.198 e. The maximum atomic E-state index is 4.11. The van der Waals surface area contributed by atoms with E-state index >= 15 is 0 Å². The van der Waals surface area contributed by atoms with E-state index in [0.717, 1.165) is 18.5 Å². The molecule has 1 atom stereocenters. The SMILES string of the molecule is CCC(Cc1cn[nH]n1)c1ccc(C)cc1. The molecule has 1 unspecified atom stereocenters. The van der Waals surface area contributed by atoms with Gasteiger partial charge in [-0.1, -0.05) is 36.8 Å². The summed E-state index contributed by atoms with van der Waals surface area (Å²) in [6.45, 7) is 4.33. The zero-order chi connectivity index (χ0) is 11.4. The zero-order valence-corrected chi connectivity index (χ0v) is 9.77.